The minimum Gasteiger partial charge on any atom is -0.289 e. The van der Waals surface area contributed by atoms with Gasteiger partial charge in [0.05, 0.1) is 5.56 Å². The Hall–Kier alpha value is -2.29. The van der Waals surface area contributed by atoms with Gasteiger partial charge in [0, 0.05) is 11.1 Å². The van der Waals surface area contributed by atoms with E-state index in [1.807, 2.05) is 6.07 Å². The van der Waals surface area contributed by atoms with Crippen LogP contribution in [0.15, 0.2) is 54.6 Å². The third kappa shape index (κ3) is 2.45. The lowest BCUT2D eigenvalue weighted by Crippen LogP contribution is -2.01. The zero-order chi connectivity index (χ0) is 12.3. The van der Waals surface area contributed by atoms with Gasteiger partial charge in [-0.2, -0.15) is 4.39 Å². The average Bonchev–Trinajstić information content (AvgIpc) is 2.39. The Morgan fingerprint density at radius 3 is 1.71 bits per heavy atom. The number of ketones is 1. The molecule has 0 atom stereocenters. The first kappa shape index (κ1) is 11.2. The summed E-state index contributed by atoms with van der Waals surface area (Å²) in [6.45, 7) is 0. The lowest BCUT2D eigenvalue weighted by atomic mass is 10.0. The van der Waals surface area contributed by atoms with Crippen LogP contribution < -0.4 is 0 Å². The highest BCUT2D eigenvalue weighted by molar-refractivity contribution is 6.09. The maximum Gasteiger partial charge on any atom is 0.332 e. The van der Waals surface area contributed by atoms with Crippen molar-refractivity contribution in [1.82, 2.24) is 0 Å². The molecule has 84 valence electrons. The van der Waals surface area contributed by atoms with Crippen molar-refractivity contribution >= 4 is 11.8 Å². The van der Waals surface area contributed by atoms with Crippen molar-refractivity contribution in [3.05, 3.63) is 71.3 Å². The lowest BCUT2D eigenvalue weighted by molar-refractivity contribution is 0.0835. The number of halogens is 1. The Bertz CT molecular complexity index is 544. The molecule has 0 N–H and O–H groups in total. The van der Waals surface area contributed by atoms with Gasteiger partial charge in [-0.3, -0.25) is 9.59 Å². The SMILES string of the molecule is O=C(F)c1ccc(C(=O)c2ccccc2)cc1. The molecule has 0 aliphatic heterocycles. The second kappa shape index (κ2) is 4.70. The van der Waals surface area contributed by atoms with Crippen molar-refractivity contribution in [2.24, 2.45) is 0 Å². The normalized spacial score (nSPS) is 9.94. The van der Waals surface area contributed by atoms with E-state index < -0.39 is 6.04 Å². The van der Waals surface area contributed by atoms with Crippen molar-refractivity contribution < 1.29 is 14.0 Å². The highest BCUT2D eigenvalue weighted by Gasteiger charge is 2.09. The summed E-state index contributed by atoms with van der Waals surface area (Å²) in [6, 6.07) is 12.8. The van der Waals surface area contributed by atoms with E-state index in [9.17, 15) is 14.0 Å². The molecular formula is C14H9FO2. The van der Waals surface area contributed by atoms with Crippen LogP contribution in [0, 0.1) is 0 Å². The summed E-state index contributed by atoms with van der Waals surface area (Å²) in [5.74, 6) is -0.150. The molecule has 0 fully saturated rings. The molecule has 2 aromatic rings. The first-order valence-corrected chi connectivity index (χ1v) is 5.08. The zero-order valence-corrected chi connectivity index (χ0v) is 8.89. The number of carbonyl (C=O) groups is 2. The summed E-state index contributed by atoms with van der Waals surface area (Å²) >= 11 is 0. The molecule has 2 rings (SSSR count). The number of carbonyl (C=O) groups excluding carboxylic acids is 2. The molecule has 2 nitrogen and oxygen atoms in total. The molecule has 0 radical (unpaired) electrons. The number of benzene rings is 2. The van der Waals surface area contributed by atoms with Gasteiger partial charge in [-0.05, 0) is 12.1 Å². The Morgan fingerprint density at radius 2 is 1.18 bits per heavy atom. The topological polar surface area (TPSA) is 34.1 Å². The van der Waals surface area contributed by atoms with Crippen LogP contribution in [0.3, 0.4) is 0 Å². The summed E-state index contributed by atoms with van der Waals surface area (Å²) in [4.78, 5) is 22.4. The van der Waals surface area contributed by atoms with Gasteiger partial charge in [0.15, 0.2) is 5.78 Å². The first-order chi connectivity index (χ1) is 8.18. The molecular weight excluding hydrogens is 219 g/mol. The number of hydrogen-bond acceptors (Lipinski definition) is 2. The number of hydrogen-bond donors (Lipinski definition) is 0. The molecule has 0 heterocycles. The first-order valence-electron chi connectivity index (χ1n) is 5.08. The Balaban J connectivity index is 2.30. The second-order valence-electron chi connectivity index (χ2n) is 3.55. The van der Waals surface area contributed by atoms with Crippen molar-refractivity contribution in [2.75, 3.05) is 0 Å². The molecule has 0 amide bonds. The molecule has 0 unspecified atom stereocenters. The smallest absolute Gasteiger partial charge is 0.289 e. The summed E-state index contributed by atoms with van der Waals surface area (Å²) in [6.07, 6.45) is 0. The van der Waals surface area contributed by atoms with Crippen LogP contribution >= 0.6 is 0 Å². The van der Waals surface area contributed by atoms with E-state index in [0.29, 0.717) is 11.1 Å². The van der Waals surface area contributed by atoms with E-state index in [-0.39, 0.29) is 11.3 Å². The quantitative estimate of drug-likeness (QED) is 0.597. The molecule has 0 aliphatic carbocycles. The fraction of sp³-hybridized carbons (Fsp3) is 0. The summed E-state index contributed by atoms with van der Waals surface area (Å²) in [5, 5.41) is 0. The van der Waals surface area contributed by atoms with E-state index in [2.05, 4.69) is 0 Å². The zero-order valence-electron chi connectivity index (χ0n) is 8.89. The highest BCUT2D eigenvalue weighted by atomic mass is 19.1. The van der Waals surface area contributed by atoms with Gasteiger partial charge in [0.25, 0.3) is 0 Å². The van der Waals surface area contributed by atoms with E-state index in [0.717, 1.165) is 0 Å². The van der Waals surface area contributed by atoms with Gasteiger partial charge >= 0.3 is 6.04 Å². The molecule has 3 heteroatoms. The molecule has 0 aliphatic rings. The van der Waals surface area contributed by atoms with Gasteiger partial charge in [-0.25, -0.2) is 0 Å². The van der Waals surface area contributed by atoms with Crippen LogP contribution in [0.2, 0.25) is 0 Å². The highest BCUT2D eigenvalue weighted by Crippen LogP contribution is 2.11. The van der Waals surface area contributed by atoms with Gasteiger partial charge in [0.2, 0.25) is 0 Å². The molecule has 2 aromatic carbocycles. The van der Waals surface area contributed by atoms with E-state index >= 15 is 0 Å². The Labute approximate surface area is 97.7 Å². The van der Waals surface area contributed by atoms with Crippen molar-refractivity contribution in [3.8, 4) is 0 Å². The van der Waals surface area contributed by atoms with Crippen LogP contribution in [-0.4, -0.2) is 11.8 Å². The largest absolute Gasteiger partial charge is 0.332 e. The Kier molecular flexibility index (Phi) is 3.10. The van der Waals surface area contributed by atoms with Crippen LogP contribution in [-0.2, 0) is 0 Å². The van der Waals surface area contributed by atoms with Crippen LogP contribution in [0.1, 0.15) is 26.3 Å². The fourth-order valence-electron chi connectivity index (χ4n) is 1.51. The summed E-state index contributed by atoms with van der Waals surface area (Å²) < 4.78 is 12.4. The standard InChI is InChI=1S/C14H9FO2/c15-14(17)12-8-6-11(7-9-12)13(16)10-4-2-1-3-5-10/h1-9H. The second-order valence-corrected chi connectivity index (χ2v) is 3.55. The van der Waals surface area contributed by atoms with Crippen LogP contribution in [0.5, 0.6) is 0 Å². The van der Waals surface area contributed by atoms with Gasteiger partial charge < -0.3 is 0 Å². The van der Waals surface area contributed by atoms with Gasteiger partial charge in [0.1, 0.15) is 0 Å². The molecule has 0 saturated carbocycles. The summed E-state index contributed by atoms with van der Waals surface area (Å²) in [5.41, 5.74) is 0.947. The predicted molar refractivity (Wildman–Crippen MR) is 61.8 cm³/mol. The fourth-order valence-corrected chi connectivity index (χ4v) is 1.51. The van der Waals surface area contributed by atoms with E-state index in [1.165, 1.54) is 24.3 Å². The van der Waals surface area contributed by atoms with E-state index in [4.69, 9.17) is 0 Å². The molecule has 0 saturated heterocycles. The van der Waals surface area contributed by atoms with Crippen LogP contribution in [0.25, 0.3) is 0 Å². The monoisotopic (exact) mass is 228 g/mol. The molecule has 17 heavy (non-hydrogen) atoms. The minimum atomic E-state index is -1.50. The van der Waals surface area contributed by atoms with E-state index in [1.54, 1.807) is 24.3 Å². The molecule has 0 bridgehead atoms. The van der Waals surface area contributed by atoms with Gasteiger partial charge in [-0.15, -0.1) is 0 Å². The van der Waals surface area contributed by atoms with Crippen molar-refractivity contribution in [1.29, 1.82) is 0 Å². The third-order valence-electron chi connectivity index (χ3n) is 2.41. The Morgan fingerprint density at radius 1 is 0.706 bits per heavy atom. The maximum absolute atomic E-state index is 12.4. The molecule has 0 spiro atoms. The average molecular weight is 228 g/mol. The maximum atomic E-state index is 12.4. The van der Waals surface area contributed by atoms with Crippen LogP contribution in [0.4, 0.5) is 4.39 Å². The predicted octanol–water partition coefficient (Wildman–Crippen LogP) is 3.03. The minimum absolute atomic E-state index is 0.0467. The van der Waals surface area contributed by atoms with Crippen molar-refractivity contribution in [2.45, 2.75) is 0 Å². The van der Waals surface area contributed by atoms with Crippen molar-refractivity contribution in [3.63, 3.8) is 0 Å². The number of rotatable bonds is 3. The van der Waals surface area contributed by atoms with Gasteiger partial charge in [-0.1, -0.05) is 42.5 Å². The summed E-state index contributed by atoms with van der Waals surface area (Å²) in [7, 11) is 0. The lowest BCUT2D eigenvalue weighted by Gasteiger charge is -2.01. The molecule has 0 aromatic heterocycles. The third-order valence-corrected chi connectivity index (χ3v) is 2.41.